The highest BCUT2D eigenvalue weighted by atomic mass is 80.9. The highest BCUT2D eigenvalue weighted by molar-refractivity contribution is 9.93. The highest BCUT2D eigenvalue weighted by Crippen LogP contribution is 2.13. The molecule has 1 heterocycles. The summed E-state index contributed by atoms with van der Waals surface area (Å²) in [7, 11) is 0. The fourth-order valence-corrected chi connectivity index (χ4v) is 1.26. The summed E-state index contributed by atoms with van der Waals surface area (Å²) >= 11 is 5.50. The lowest BCUT2D eigenvalue weighted by atomic mass is 10.1. The Labute approximate surface area is 93.0 Å². The van der Waals surface area contributed by atoms with Gasteiger partial charge < -0.3 is 0 Å². The monoisotopic (exact) mass is 301 g/mol. The van der Waals surface area contributed by atoms with Gasteiger partial charge in [-0.05, 0) is 18.6 Å². The van der Waals surface area contributed by atoms with E-state index in [-0.39, 0.29) is 0 Å². The first-order chi connectivity index (χ1) is 6.38. The van der Waals surface area contributed by atoms with Gasteiger partial charge >= 0.3 is 0 Å². The summed E-state index contributed by atoms with van der Waals surface area (Å²) in [4.78, 5) is 4.28. The van der Waals surface area contributed by atoms with E-state index in [9.17, 15) is 0 Å². The summed E-state index contributed by atoms with van der Waals surface area (Å²) in [5, 5.41) is 1.22. The van der Waals surface area contributed by atoms with E-state index in [4.69, 9.17) is 0 Å². The molecule has 68 valence electrons. The largest absolute Gasteiger partial charge is 0.256 e. The molecule has 1 aromatic heterocycles. The number of pyridine rings is 1. The van der Waals surface area contributed by atoms with Crippen molar-refractivity contribution in [2.45, 2.75) is 6.92 Å². The average molecular weight is 303 g/mol. The van der Waals surface area contributed by atoms with Gasteiger partial charge in [0, 0.05) is 39.8 Å². The molecular weight excluding hydrogens is 294 g/mol. The van der Waals surface area contributed by atoms with E-state index in [0.29, 0.717) is 0 Å². The molecule has 0 atom stereocenters. The predicted octanol–water partition coefficient (Wildman–Crippen LogP) is 4.23. The second-order valence-corrected chi connectivity index (χ2v) is 2.65. The zero-order valence-corrected chi connectivity index (χ0v) is 10.3. The van der Waals surface area contributed by atoms with Gasteiger partial charge in [0.2, 0.25) is 0 Å². The van der Waals surface area contributed by atoms with Gasteiger partial charge in [-0.1, -0.05) is 24.3 Å². The molecule has 1 nitrogen and oxygen atoms in total. The molecule has 13 heavy (non-hydrogen) atoms. The summed E-state index contributed by atoms with van der Waals surface area (Å²) in [5.41, 5.74) is 2.35. The molecule has 2 rings (SSSR count). The maximum atomic E-state index is 4.28. The van der Waals surface area contributed by atoms with Crippen molar-refractivity contribution in [3.8, 4) is 0 Å². The smallest absolute Gasteiger partial charge is 0.0731 e. The van der Waals surface area contributed by atoms with Crippen molar-refractivity contribution in [3.63, 3.8) is 0 Å². The van der Waals surface area contributed by atoms with Gasteiger partial charge in [0.15, 0.2) is 0 Å². The van der Waals surface area contributed by atoms with Gasteiger partial charge in [-0.3, -0.25) is 4.98 Å². The van der Waals surface area contributed by atoms with Gasteiger partial charge in [-0.2, -0.15) is 0 Å². The van der Waals surface area contributed by atoms with Gasteiger partial charge in [0.25, 0.3) is 0 Å². The Balaban J connectivity index is 0.000000396. The first-order valence-corrected chi connectivity index (χ1v) is 7.54. The molecule has 0 saturated heterocycles. The molecule has 0 spiro atoms. The minimum Gasteiger partial charge on any atom is -0.256 e. The molecule has 0 radical (unpaired) electrons. The maximum absolute atomic E-state index is 4.28. The van der Waals surface area contributed by atoms with E-state index in [1.807, 2.05) is 12.3 Å². The number of para-hydroxylation sites is 1. The van der Waals surface area contributed by atoms with Crippen LogP contribution in [0.3, 0.4) is 0 Å². The van der Waals surface area contributed by atoms with Crippen LogP contribution in [0, 0.1) is 6.92 Å². The van der Waals surface area contributed by atoms with Gasteiger partial charge in [-0.25, -0.2) is 0 Å². The summed E-state index contributed by atoms with van der Waals surface area (Å²) < 4.78 is 0. The number of rotatable bonds is 0. The fourth-order valence-electron chi connectivity index (χ4n) is 1.26. The summed E-state index contributed by atoms with van der Waals surface area (Å²) in [6.07, 6.45) is 1.83. The third kappa shape index (κ3) is 2.51. The van der Waals surface area contributed by atoms with Crippen molar-refractivity contribution < 1.29 is 0 Å². The molecule has 0 N–H and O–H groups in total. The normalized spacial score (nSPS) is 9.15. The lowest BCUT2D eigenvalue weighted by molar-refractivity contribution is 1.37. The zero-order valence-electron chi connectivity index (χ0n) is 7.17. The minimum atomic E-state index is 1.11. The Morgan fingerprint density at radius 1 is 1.08 bits per heavy atom. The number of nitrogens with zero attached hydrogens (tertiary/aromatic N) is 1. The van der Waals surface area contributed by atoms with E-state index in [0.717, 1.165) is 5.52 Å². The second kappa shape index (κ2) is 5.35. The fraction of sp³-hybridized carbons (Fsp3) is 0.100. The van der Waals surface area contributed by atoms with E-state index >= 15 is 0 Å². The summed E-state index contributed by atoms with van der Waals surface area (Å²) in [6, 6.07) is 10.3. The Bertz CT molecular complexity index is 382. The minimum absolute atomic E-state index is 1.11. The van der Waals surface area contributed by atoms with Crippen molar-refractivity contribution in [2.24, 2.45) is 0 Å². The van der Waals surface area contributed by atoms with Crippen LogP contribution >= 0.6 is 28.3 Å². The zero-order chi connectivity index (χ0) is 9.68. The van der Waals surface area contributed by atoms with E-state index in [1.165, 1.54) is 10.9 Å². The highest BCUT2D eigenvalue weighted by Gasteiger charge is 1.93. The Morgan fingerprint density at radius 3 is 2.46 bits per heavy atom. The van der Waals surface area contributed by atoms with Crippen LogP contribution < -0.4 is 0 Å². The molecule has 0 fully saturated rings. The third-order valence-corrected chi connectivity index (χ3v) is 1.83. The summed E-state index contributed by atoms with van der Waals surface area (Å²) in [5.74, 6) is 0. The van der Waals surface area contributed by atoms with Crippen LogP contribution in [0.5, 0.6) is 0 Å². The standard InChI is InChI=1S/C10H9N.Br2/c1-8-4-2-5-9-6-3-7-11-10(8)9;1-2/h2-7H,1H3;. The Morgan fingerprint density at radius 2 is 1.77 bits per heavy atom. The number of aryl methyl sites for hydroxylation is 1. The lowest BCUT2D eigenvalue weighted by Crippen LogP contribution is -1.80. The molecule has 0 bridgehead atoms. The molecule has 1 aromatic carbocycles. The van der Waals surface area contributed by atoms with E-state index < -0.39 is 0 Å². The second-order valence-electron chi connectivity index (χ2n) is 2.65. The topological polar surface area (TPSA) is 12.9 Å². The van der Waals surface area contributed by atoms with Crippen LogP contribution in [0.1, 0.15) is 5.56 Å². The van der Waals surface area contributed by atoms with E-state index in [1.54, 1.807) is 0 Å². The molecule has 0 unspecified atom stereocenters. The molecule has 3 heteroatoms. The van der Waals surface area contributed by atoms with Crippen LogP contribution in [0.15, 0.2) is 36.5 Å². The van der Waals surface area contributed by atoms with Crippen molar-refractivity contribution >= 4 is 39.2 Å². The van der Waals surface area contributed by atoms with Crippen LogP contribution in [0.25, 0.3) is 10.9 Å². The van der Waals surface area contributed by atoms with Gasteiger partial charge in [0.1, 0.15) is 0 Å². The first kappa shape index (κ1) is 10.7. The van der Waals surface area contributed by atoms with Crippen molar-refractivity contribution in [3.05, 3.63) is 42.1 Å². The lowest BCUT2D eigenvalue weighted by Gasteiger charge is -1.97. The molecule has 0 aliphatic heterocycles. The maximum Gasteiger partial charge on any atom is 0.0731 e. The van der Waals surface area contributed by atoms with Gasteiger partial charge in [-0.15, -0.1) is 0 Å². The number of hydrogen-bond acceptors (Lipinski definition) is 1. The van der Waals surface area contributed by atoms with Crippen molar-refractivity contribution in [2.75, 3.05) is 0 Å². The van der Waals surface area contributed by atoms with Crippen LogP contribution in [-0.2, 0) is 0 Å². The molecule has 2 aromatic rings. The van der Waals surface area contributed by atoms with Crippen molar-refractivity contribution in [1.29, 1.82) is 0 Å². The van der Waals surface area contributed by atoms with Crippen LogP contribution in [-0.4, -0.2) is 4.98 Å². The Hall–Kier alpha value is -0.410. The van der Waals surface area contributed by atoms with Crippen molar-refractivity contribution in [1.82, 2.24) is 4.98 Å². The quantitative estimate of drug-likeness (QED) is 0.709. The first-order valence-electron chi connectivity index (χ1n) is 3.82. The number of hydrogen-bond donors (Lipinski definition) is 0. The average Bonchev–Trinajstić information content (AvgIpc) is 2.22. The third-order valence-electron chi connectivity index (χ3n) is 1.83. The summed E-state index contributed by atoms with van der Waals surface area (Å²) in [6.45, 7) is 2.08. The molecule has 0 aliphatic carbocycles. The van der Waals surface area contributed by atoms with E-state index in [2.05, 4.69) is 64.4 Å². The molecule has 0 saturated carbocycles. The number of halogens is 2. The SMILES string of the molecule is BrBr.Cc1cccc2cccnc12. The number of aromatic nitrogens is 1. The van der Waals surface area contributed by atoms with Crippen LogP contribution in [0.2, 0.25) is 0 Å². The Kier molecular flexibility index (Phi) is 4.39. The molecular formula is C10H9Br2N. The molecule has 0 aliphatic rings. The number of fused-ring (bicyclic) bond motifs is 1. The van der Waals surface area contributed by atoms with Crippen LogP contribution in [0.4, 0.5) is 0 Å². The number of benzene rings is 1. The van der Waals surface area contributed by atoms with Gasteiger partial charge in [0.05, 0.1) is 5.52 Å². The predicted molar refractivity (Wildman–Crippen MR) is 64.3 cm³/mol. The molecule has 0 amide bonds.